The van der Waals surface area contributed by atoms with E-state index in [1.54, 1.807) is 42.1 Å². The van der Waals surface area contributed by atoms with Crippen molar-refractivity contribution >= 4 is 46.1 Å². The molecule has 136 valence electrons. The van der Waals surface area contributed by atoms with E-state index in [9.17, 15) is 4.79 Å². The summed E-state index contributed by atoms with van der Waals surface area (Å²) in [5, 5.41) is 12.1. The van der Waals surface area contributed by atoms with Crippen LogP contribution in [0.2, 0.25) is 5.02 Å². The van der Waals surface area contributed by atoms with E-state index in [4.69, 9.17) is 16.0 Å². The van der Waals surface area contributed by atoms with Gasteiger partial charge in [-0.05, 0) is 36.4 Å². The number of hydrogen-bond acceptors (Lipinski definition) is 6. The van der Waals surface area contributed by atoms with Gasteiger partial charge in [0.15, 0.2) is 16.6 Å². The molecule has 0 radical (unpaired) electrons. The monoisotopic (exact) mass is 399 g/mol. The highest BCUT2D eigenvalue weighted by molar-refractivity contribution is 7.99. The zero-order valence-corrected chi connectivity index (χ0v) is 15.8. The van der Waals surface area contributed by atoms with Crippen LogP contribution < -0.4 is 5.32 Å². The average Bonchev–Trinajstić information content (AvgIpc) is 3.25. The number of halogens is 1. The molecular formula is C18H14ClN5O2S. The Morgan fingerprint density at radius 1 is 1.30 bits per heavy atom. The molecule has 7 nitrogen and oxygen atoms in total. The summed E-state index contributed by atoms with van der Waals surface area (Å²) < 4.78 is 7.22. The van der Waals surface area contributed by atoms with Crippen molar-refractivity contribution in [3.8, 4) is 5.69 Å². The molecule has 0 fully saturated rings. The van der Waals surface area contributed by atoms with Crippen LogP contribution in [0.4, 0.5) is 5.69 Å². The number of rotatable bonds is 5. The number of anilines is 1. The maximum atomic E-state index is 12.3. The van der Waals surface area contributed by atoms with Gasteiger partial charge in [-0.2, -0.15) is 0 Å². The highest BCUT2D eigenvalue weighted by Gasteiger charge is 2.11. The van der Waals surface area contributed by atoms with E-state index in [2.05, 4.69) is 20.5 Å². The number of amides is 1. The van der Waals surface area contributed by atoms with Crippen molar-refractivity contribution in [3.05, 3.63) is 59.7 Å². The molecule has 2 aromatic heterocycles. The summed E-state index contributed by atoms with van der Waals surface area (Å²) in [5.41, 5.74) is 2.90. The van der Waals surface area contributed by atoms with Gasteiger partial charge >= 0.3 is 0 Å². The molecule has 2 heterocycles. The van der Waals surface area contributed by atoms with Crippen molar-refractivity contribution in [2.45, 2.75) is 12.1 Å². The maximum absolute atomic E-state index is 12.3. The number of benzene rings is 2. The van der Waals surface area contributed by atoms with Crippen molar-refractivity contribution in [3.63, 3.8) is 0 Å². The van der Waals surface area contributed by atoms with E-state index in [0.29, 0.717) is 32.9 Å². The van der Waals surface area contributed by atoms with E-state index in [0.717, 1.165) is 5.69 Å². The number of thioether (sulfide) groups is 1. The van der Waals surface area contributed by atoms with Gasteiger partial charge in [-0.3, -0.25) is 9.36 Å². The van der Waals surface area contributed by atoms with Gasteiger partial charge in [-0.1, -0.05) is 29.4 Å². The predicted octanol–water partition coefficient (Wildman–Crippen LogP) is 4.10. The summed E-state index contributed by atoms with van der Waals surface area (Å²) in [6.45, 7) is 1.78. The van der Waals surface area contributed by atoms with Gasteiger partial charge in [0.25, 0.3) is 0 Å². The normalized spacial score (nSPS) is 11.0. The molecular weight excluding hydrogens is 386 g/mol. The first-order valence-corrected chi connectivity index (χ1v) is 9.41. The summed E-state index contributed by atoms with van der Waals surface area (Å²) in [5.74, 6) is 0.624. The van der Waals surface area contributed by atoms with Crippen molar-refractivity contribution in [2.75, 3.05) is 11.1 Å². The number of nitrogens with one attached hydrogen (secondary N) is 1. The topological polar surface area (TPSA) is 85.8 Å². The van der Waals surface area contributed by atoms with Crippen molar-refractivity contribution in [1.82, 2.24) is 19.7 Å². The lowest BCUT2D eigenvalue weighted by Crippen LogP contribution is -2.14. The molecule has 9 heteroatoms. The summed E-state index contributed by atoms with van der Waals surface area (Å²) in [6.07, 6.45) is 1.59. The Morgan fingerprint density at radius 3 is 3.04 bits per heavy atom. The van der Waals surface area contributed by atoms with E-state index in [1.165, 1.54) is 11.8 Å². The van der Waals surface area contributed by atoms with Crippen LogP contribution in [-0.4, -0.2) is 31.4 Å². The number of aryl methyl sites for hydroxylation is 1. The standard InChI is InChI=1S/C18H14ClN5O2S/c1-11-21-15-8-13(5-6-16(15)26-11)22-17(25)9-27-18-23-20-10-24(18)14-4-2-3-12(19)7-14/h2-8,10H,9H2,1H3,(H,22,25). The molecule has 1 amide bonds. The summed E-state index contributed by atoms with van der Waals surface area (Å²) in [6, 6.07) is 12.7. The molecule has 0 saturated carbocycles. The molecule has 4 aromatic rings. The van der Waals surface area contributed by atoms with E-state index < -0.39 is 0 Å². The summed E-state index contributed by atoms with van der Waals surface area (Å²) in [4.78, 5) is 16.6. The van der Waals surface area contributed by atoms with Gasteiger partial charge in [0.05, 0.1) is 11.4 Å². The van der Waals surface area contributed by atoms with Gasteiger partial charge in [0, 0.05) is 17.6 Å². The molecule has 4 rings (SSSR count). The Labute approximate surface area is 163 Å². The average molecular weight is 400 g/mol. The molecule has 0 saturated heterocycles. The maximum Gasteiger partial charge on any atom is 0.234 e. The number of aromatic nitrogens is 4. The first-order chi connectivity index (χ1) is 13.1. The lowest BCUT2D eigenvalue weighted by molar-refractivity contribution is -0.113. The second-order valence-electron chi connectivity index (χ2n) is 5.72. The summed E-state index contributed by atoms with van der Waals surface area (Å²) in [7, 11) is 0. The third-order valence-electron chi connectivity index (χ3n) is 3.71. The SMILES string of the molecule is Cc1nc2cc(NC(=O)CSc3nncn3-c3cccc(Cl)c3)ccc2o1. The molecule has 0 aliphatic heterocycles. The van der Waals surface area contributed by atoms with Crippen LogP contribution >= 0.6 is 23.4 Å². The predicted molar refractivity (Wildman–Crippen MR) is 104 cm³/mol. The van der Waals surface area contributed by atoms with Crippen LogP contribution in [0.3, 0.4) is 0 Å². The number of hydrogen-bond donors (Lipinski definition) is 1. The van der Waals surface area contributed by atoms with E-state index >= 15 is 0 Å². The largest absolute Gasteiger partial charge is 0.441 e. The van der Waals surface area contributed by atoms with Crippen molar-refractivity contribution in [2.24, 2.45) is 0 Å². The number of nitrogens with zero attached hydrogens (tertiary/aromatic N) is 4. The van der Waals surface area contributed by atoms with Crippen molar-refractivity contribution < 1.29 is 9.21 Å². The van der Waals surface area contributed by atoms with Crippen LogP contribution in [0.5, 0.6) is 0 Å². The molecule has 0 bridgehead atoms. The Hall–Kier alpha value is -2.84. The minimum Gasteiger partial charge on any atom is -0.441 e. The van der Waals surface area contributed by atoms with Crippen LogP contribution in [0.25, 0.3) is 16.8 Å². The van der Waals surface area contributed by atoms with Crippen LogP contribution in [0.15, 0.2) is 58.4 Å². The zero-order valence-electron chi connectivity index (χ0n) is 14.2. The molecule has 0 unspecified atom stereocenters. The fourth-order valence-corrected chi connectivity index (χ4v) is 3.49. The van der Waals surface area contributed by atoms with E-state index in [1.807, 2.05) is 18.2 Å². The summed E-state index contributed by atoms with van der Waals surface area (Å²) >= 11 is 7.33. The second-order valence-corrected chi connectivity index (χ2v) is 7.09. The third-order valence-corrected chi connectivity index (χ3v) is 4.89. The number of carbonyl (C=O) groups is 1. The van der Waals surface area contributed by atoms with Gasteiger partial charge in [-0.15, -0.1) is 10.2 Å². The fraction of sp³-hybridized carbons (Fsp3) is 0.111. The molecule has 27 heavy (non-hydrogen) atoms. The van der Waals surface area contributed by atoms with Gasteiger partial charge in [0.1, 0.15) is 11.8 Å². The number of fused-ring (bicyclic) bond motifs is 1. The second kappa shape index (κ2) is 7.42. The smallest absolute Gasteiger partial charge is 0.234 e. The van der Waals surface area contributed by atoms with Crippen LogP contribution in [0.1, 0.15) is 5.89 Å². The Morgan fingerprint density at radius 2 is 2.19 bits per heavy atom. The van der Waals surface area contributed by atoms with Gasteiger partial charge < -0.3 is 9.73 Å². The molecule has 0 spiro atoms. The molecule has 0 aliphatic rings. The van der Waals surface area contributed by atoms with Gasteiger partial charge in [0.2, 0.25) is 5.91 Å². The molecule has 0 aliphatic carbocycles. The number of oxazole rings is 1. The first kappa shape index (κ1) is 17.6. The highest BCUT2D eigenvalue weighted by atomic mass is 35.5. The highest BCUT2D eigenvalue weighted by Crippen LogP contribution is 2.23. The van der Waals surface area contributed by atoms with Crippen LogP contribution in [0, 0.1) is 6.92 Å². The minimum atomic E-state index is -0.153. The fourth-order valence-electron chi connectivity index (χ4n) is 2.57. The quantitative estimate of drug-likeness (QED) is 0.508. The Balaban J connectivity index is 1.43. The lowest BCUT2D eigenvalue weighted by Gasteiger charge is -2.07. The van der Waals surface area contributed by atoms with Gasteiger partial charge in [-0.25, -0.2) is 4.98 Å². The lowest BCUT2D eigenvalue weighted by atomic mass is 10.3. The Kier molecular flexibility index (Phi) is 4.83. The first-order valence-electron chi connectivity index (χ1n) is 8.04. The minimum absolute atomic E-state index is 0.153. The van der Waals surface area contributed by atoms with Crippen LogP contribution in [-0.2, 0) is 4.79 Å². The molecule has 1 N–H and O–H groups in total. The number of carbonyl (C=O) groups excluding carboxylic acids is 1. The van der Waals surface area contributed by atoms with E-state index in [-0.39, 0.29) is 11.7 Å². The Bertz CT molecular complexity index is 1120. The molecule has 0 atom stereocenters. The third kappa shape index (κ3) is 3.96. The molecule has 2 aromatic carbocycles. The zero-order chi connectivity index (χ0) is 18.8. The van der Waals surface area contributed by atoms with Crippen molar-refractivity contribution in [1.29, 1.82) is 0 Å².